The number of carbonyl (C=O) groups is 4. The minimum atomic E-state index is -2.66. The van der Waals surface area contributed by atoms with Crippen LogP contribution in [0.4, 0.5) is 10.5 Å². The van der Waals surface area contributed by atoms with E-state index in [4.69, 9.17) is 66.4 Å². The van der Waals surface area contributed by atoms with Crippen molar-refractivity contribution in [2.45, 2.75) is 162 Å². The fraction of sp³-hybridized carbons (Fsp3) is 0.621. The molecule has 4 aliphatic heterocycles. The molecule has 1 aromatic rings. The molecule has 17 unspecified atom stereocenters. The molecule has 4 saturated heterocycles. The van der Waals surface area contributed by atoms with E-state index in [9.17, 15) is 34.8 Å². The number of anilines is 1. The Bertz CT molecular complexity index is 2850. The Morgan fingerprint density at radius 2 is 1.57 bits per heavy atom. The Labute approximate surface area is 526 Å². The van der Waals surface area contributed by atoms with Crippen molar-refractivity contribution in [3.63, 3.8) is 0 Å². The molecule has 1 aromatic carbocycles. The molecule has 0 spiro atoms. The van der Waals surface area contributed by atoms with Crippen LogP contribution in [0.1, 0.15) is 57.3 Å². The number of esters is 1. The maximum Gasteiger partial charge on any atom is 0.411 e. The Hall–Kier alpha value is -4.62. The van der Waals surface area contributed by atoms with Gasteiger partial charge < -0.3 is 92.6 Å². The molecule has 4 heterocycles. The van der Waals surface area contributed by atoms with E-state index in [1.807, 2.05) is 26.4 Å². The van der Waals surface area contributed by atoms with Gasteiger partial charge in [0.25, 0.3) is 5.91 Å². The maximum atomic E-state index is 15.6. The molecule has 19 atom stereocenters. The summed E-state index contributed by atoms with van der Waals surface area (Å²) in [6.45, 7) is 11.2. The number of thioether (sulfide) groups is 1. The molecule has 26 nitrogen and oxygen atoms in total. The van der Waals surface area contributed by atoms with E-state index < -0.39 is 134 Å². The number of fused-ring (bicyclic) bond motifs is 2. The third kappa shape index (κ3) is 16.9. The van der Waals surface area contributed by atoms with Crippen molar-refractivity contribution < 1.29 is 106 Å². The van der Waals surface area contributed by atoms with Crippen LogP contribution in [0.2, 0.25) is 0 Å². The quantitative estimate of drug-likeness (QED) is 0.0133. The van der Waals surface area contributed by atoms with Gasteiger partial charge in [-0.25, -0.2) is 9.59 Å². The van der Waals surface area contributed by atoms with Gasteiger partial charge in [0.15, 0.2) is 54.1 Å². The first-order valence-corrected chi connectivity index (χ1v) is 33.4. The van der Waals surface area contributed by atoms with E-state index in [2.05, 4.69) is 51.7 Å². The zero-order valence-electron chi connectivity index (χ0n) is 50.5. The van der Waals surface area contributed by atoms with Gasteiger partial charge in [-0.05, 0) is 61.8 Å². The predicted octanol–water partition coefficient (Wildman–Crippen LogP) is 3.03. The third-order valence-corrected chi connectivity index (χ3v) is 20.1. The number of amides is 2. The van der Waals surface area contributed by atoms with Gasteiger partial charge in [0.05, 0.1) is 99.8 Å². The molecule has 30 heteroatoms. The Morgan fingerprint density at radius 3 is 2.24 bits per heavy atom. The summed E-state index contributed by atoms with van der Waals surface area (Å²) in [5, 5.41) is 56.7. The fourth-order valence-corrected chi connectivity index (χ4v) is 13.9. The van der Waals surface area contributed by atoms with Crippen LogP contribution < -0.4 is 30.9 Å². The summed E-state index contributed by atoms with van der Waals surface area (Å²) in [6.07, 6.45) is -11.7. The van der Waals surface area contributed by atoms with Crippen molar-refractivity contribution in [3.05, 3.63) is 65.1 Å². The van der Waals surface area contributed by atoms with Gasteiger partial charge in [0, 0.05) is 55.4 Å². The lowest BCUT2D eigenvalue weighted by Crippen LogP contribution is -2.65. The highest BCUT2D eigenvalue weighted by Gasteiger charge is 2.57. The van der Waals surface area contributed by atoms with E-state index in [0.717, 1.165) is 7.11 Å². The van der Waals surface area contributed by atoms with E-state index in [1.54, 1.807) is 20.1 Å². The topological polar surface area (TPSA) is 327 Å². The summed E-state index contributed by atoms with van der Waals surface area (Å²) in [4.78, 5) is 62.4. The van der Waals surface area contributed by atoms with Crippen LogP contribution in [0, 0.1) is 23.7 Å². The smallest absolute Gasteiger partial charge is 0.411 e. The summed E-state index contributed by atoms with van der Waals surface area (Å²) in [7, 11) is 10.8. The molecule has 88 heavy (non-hydrogen) atoms. The van der Waals surface area contributed by atoms with Gasteiger partial charge in [-0.1, -0.05) is 64.8 Å². The third-order valence-electron chi connectivity index (χ3n) is 15.2. The highest BCUT2D eigenvalue weighted by Crippen LogP contribution is 2.44. The number of hydroxylamine groups is 1. The summed E-state index contributed by atoms with van der Waals surface area (Å²) < 4.78 is 77.7. The molecule has 2 bridgehead atoms. The van der Waals surface area contributed by atoms with Crippen molar-refractivity contribution in [2.24, 2.45) is 0 Å². The van der Waals surface area contributed by atoms with E-state index in [1.165, 1.54) is 95.7 Å². The zero-order chi connectivity index (χ0) is 64.0. The van der Waals surface area contributed by atoms with Crippen LogP contribution in [-0.2, 0) is 66.5 Å². The Kier molecular flexibility index (Phi) is 26.6. The van der Waals surface area contributed by atoms with Crippen molar-refractivity contribution in [3.8, 4) is 35.2 Å². The van der Waals surface area contributed by atoms with Gasteiger partial charge in [-0.15, -0.1) is 0 Å². The fourth-order valence-electron chi connectivity index (χ4n) is 10.7. The van der Waals surface area contributed by atoms with Gasteiger partial charge in [-0.2, -0.15) is 17.2 Å². The number of Topliss-reactive ketones (excluding diaryl/α,β-unsaturated/α-hetero) is 1. The molecule has 0 radical (unpaired) electrons. The number of likely N-dealkylation sites (N-methyl/N-ethyl adjacent to an activating group) is 1. The lowest BCUT2D eigenvalue weighted by molar-refractivity contribution is -0.336. The molecule has 0 saturated carbocycles. The molecule has 4 fully saturated rings. The minimum absolute atomic E-state index is 0.0845. The average molecular weight is 1310 g/mol. The number of rotatable bonds is 25. The Morgan fingerprint density at radius 1 is 0.852 bits per heavy atom. The van der Waals surface area contributed by atoms with Gasteiger partial charge >= 0.3 is 12.1 Å². The molecule has 6 aliphatic rings. The van der Waals surface area contributed by atoms with E-state index >= 15 is 4.79 Å². The zero-order valence-corrected chi connectivity index (χ0v) is 53.8. The number of ketones is 1. The van der Waals surface area contributed by atoms with Gasteiger partial charge in [0.1, 0.15) is 30.5 Å². The summed E-state index contributed by atoms with van der Waals surface area (Å²) in [5.41, 5.74) is -0.949. The normalized spacial score (nSPS) is 34.6. The number of ether oxygens (including phenoxy) is 13. The molecule has 2 amide bonds. The number of hydrogen-bond donors (Lipinski definition) is 8. The van der Waals surface area contributed by atoms with Gasteiger partial charge in [-0.3, -0.25) is 19.7 Å². The summed E-state index contributed by atoms with van der Waals surface area (Å²) >= 11 is 1.47. The maximum absolute atomic E-state index is 15.6. The van der Waals surface area contributed by atoms with E-state index in [0.29, 0.717) is 6.54 Å². The van der Waals surface area contributed by atoms with Crippen LogP contribution in [0.25, 0.3) is 0 Å². The first-order valence-electron chi connectivity index (χ1n) is 28.1. The lowest BCUT2D eigenvalue weighted by Gasteiger charge is -2.47. The molecule has 7 rings (SSSR count). The first-order chi connectivity index (χ1) is 42.2. The standard InChI is InChI=1S/C58H78N4O22S4/c1-13-59-35-27-76-42(25-38(35)72-7)82-51-49(65)46(62-84-44-24-36(63)52(85-11)30(4)78-44)28(2)79-56(51)81-37-18-16-14-15-17-20-58(70)33(19-21-87-88-86-12)45(37)47(61-57(69)75-10)50(66)53(58)83-43-26-41(48(64)29(3)77-43)80-55(68)32-22-39(73-8)40(74-9)23-34(32)60-54(67)31(5)71-6/h14-15,19,22-23,28-30,35-38,41-44,46,48-49,51-53,56,59,62-65,70H,5,13,21,24-27H2,1-4,6-12H3,(H,60,67)(H,61,69)/b15-14-,33-19+/t28?,29?,30?,35?,36?,37-,38?,41?,42?,43?,44?,46?,48?,49?,51?,52?,53?,56?,58+/m0/s1. The van der Waals surface area contributed by atoms with Crippen LogP contribution in [0.15, 0.2) is 59.5 Å². The largest absolute Gasteiger partial charge is 0.493 e. The molecular weight excluding hydrogens is 1230 g/mol. The Balaban J connectivity index is 1.27. The second kappa shape index (κ2) is 33.1. The molecule has 2 aliphatic carbocycles. The number of hydrogen-bond acceptors (Lipinski definition) is 28. The van der Waals surface area contributed by atoms with Crippen LogP contribution >= 0.6 is 43.2 Å². The number of nitrogens with one attached hydrogen (secondary N) is 4. The molecule has 8 N–H and O–H groups in total. The molecule has 486 valence electrons. The van der Waals surface area contributed by atoms with Crippen molar-refractivity contribution in [1.82, 2.24) is 16.1 Å². The van der Waals surface area contributed by atoms with Crippen molar-refractivity contribution in [2.75, 3.05) is 72.3 Å². The number of carbonyl (C=O) groups excluding carboxylic acids is 4. The SMILES string of the molecule is C=C(OC)C(=O)Nc1cc(OC)c(OC)cc1C(=O)OC1CC(OC2C(=O)C(NC(=O)OC)=C3/C(=C\CSSSC)[C@]2(O)C#C/C=C\C#C[C@@H]3OC2OC(C)C(NOC3CC(O)C(SC)C(C)O3)C(O)C2OC2CC(OC)C(NCC)CO2)OC(C)C1O. The second-order valence-corrected chi connectivity index (χ2v) is 26.0. The number of methoxy groups -OCH3 is 5. The average Bonchev–Trinajstić information content (AvgIpc) is 1.02. The minimum Gasteiger partial charge on any atom is -0.493 e. The number of aliphatic hydroxyl groups is 4. The summed E-state index contributed by atoms with van der Waals surface area (Å²) in [5.74, 6) is 8.59. The van der Waals surface area contributed by atoms with Crippen LogP contribution in [-0.4, -0.2) is 226 Å². The summed E-state index contributed by atoms with van der Waals surface area (Å²) in [6, 6.07) is 1.33. The monoisotopic (exact) mass is 1310 g/mol. The number of allylic oxidation sites excluding steroid dienone is 2. The second-order valence-electron chi connectivity index (χ2n) is 20.6. The number of alkyl carbamates (subject to hydrolysis) is 1. The molecular formula is C58H78N4O22S4. The lowest BCUT2D eigenvalue weighted by atomic mass is 9.73. The van der Waals surface area contributed by atoms with Crippen molar-refractivity contribution in [1.29, 1.82) is 0 Å². The van der Waals surface area contributed by atoms with Gasteiger partial charge in [0.2, 0.25) is 5.78 Å². The predicted molar refractivity (Wildman–Crippen MR) is 325 cm³/mol. The van der Waals surface area contributed by atoms with Crippen molar-refractivity contribution >= 4 is 72.6 Å². The van der Waals surface area contributed by atoms with Crippen LogP contribution in [0.5, 0.6) is 11.5 Å². The molecule has 0 aromatic heterocycles. The highest BCUT2D eigenvalue weighted by atomic mass is 33.5. The highest BCUT2D eigenvalue weighted by molar-refractivity contribution is 9.09. The first kappa shape index (κ1) is 70.8. The number of benzene rings is 1. The number of aliphatic hydroxyl groups excluding tert-OH is 3. The van der Waals surface area contributed by atoms with E-state index in [-0.39, 0.29) is 82.3 Å². The van der Waals surface area contributed by atoms with Crippen LogP contribution in [0.3, 0.4) is 0 Å².